The lowest BCUT2D eigenvalue weighted by Crippen LogP contribution is -2.68. The molecule has 1 aromatic carbocycles. The number of carbonyl (C=O) groups is 3. The van der Waals surface area contributed by atoms with Crippen LogP contribution in [-0.4, -0.2) is 46.9 Å². The molecule has 0 aliphatic carbocycles. The Morgan fingerprint density at radius 3 is 2.36 bits per heavy atom. The Labute approximate surface area is 148 Å². The molecule has 2 aliphatic heterocycles. The zero-order valence-electron chi connectivity index (χ0n) is 14.9. The Bertz CT molecular complexity index is 688. The van der Waals surface area contributed by atoms with Crippen LogP contribution in [0.5, 0.6) is 0 Å². The molecule has 6 heteroatoms. The highest BCUT2D eigenvalue weighted by molar-refractivity contribution is 6.13. The number of benzene rings is 1. The van der Waals surface area contributed by atoms with Crippen molar-refractivity contribution in [3.8, 4) is 0 Å². The van der Waals surface area contributed by atoms with Crippen LogP contribution in [0.3, 0.4) is 0 Å². The van der Waals surface area contributed by atoms with Crippen molar-refractivity contribution in [1.29, 1.82) is 0 Å². The molecule has 1 unspecified atom stereocenters. The maximum Gasteiger partial charge on any atom is 0.334 e. The number of ketones is 1. The zero-order chi connectivity index (χ0) is 18.0. The van der Waals surface area contributed by atoms with Crippen molar-refractivity contribution in [1.82, 2.24) is 9.80 Å². The second kappa shape index (κ2) is 7.25. The smallest absolute Gasteiger partial charge is 0.303 e. The van der Waals surface area contributed by atoms with Gasteiger partial charge < -0.3 is 4.90 Å². The van der Waals surface area contributed by atoms with E-state index >= 15 is 0 Å². The van der Waals surface area contributed by atoms with Crippen molar-refractivity contribution in [2.45, 2.75) is 52.1 Å². The summed E-state index contributed by atoms with van der Waals surface area (Å²) < 4.78 is 0. The van der Waals surface area contributed by atoms with Gasteiger partial charge in [-0.15, -0.1) is 0 Å². The number of para-hydroxylation sites is 1. The molecule has 25 heavy (non-hydrogen) atoms. The molecule has 1 fully saturated rings. The van der Waals surface area contributed by atoms with Gasteiger partial charge in [0.05, 0.1) is 12.1 Å². The molecular formula is C19H25N3O3. The molecule has 1 aromatic rings. The number of hydrogen-bond acceptors (Lipinski definition) is 3. The maximum absolute atomic E-state index is 13.1. The topological polar surface area (TPSA) is 60.9 Å². The van der Waals surface area contributed by atoms with Crippen molar-refractivity contribution in [2.75, 3.05) is 18.0 Å². The summed E-state index contributed by atoms with van der Waals surface area (Å²) in [4.78, 5) is 43.2. The third-order valence-electron chi connectivity index (χ3n) is 4.89. The highest BCUT2D eigenvalue weighted by atomic mass is 16.2. The highest BCUT2D eigenvalue weighted by Gasteiger charge is 2.48. The van der Waals surface area contributed by atoms with Gasteiger partial charge in [-0.25, -0.2) is 14.5 Å². The molecule has 0 radical (unpaired) electrons. The van der Waals surface area contributed by atoms with E-state index in [1.54, 1.807) is 28.0 Å². The zero-order valence-corrected chi connectivity index (χ0v) is 14.9. The first-order valence-electron chi connectivity index (χ1n) is 9.13. The van der Waals surface area contributed by atoms with E-state index in [1.807, 2.05) is 13.0 Å². The van der Waals surface area contributed by atoms with Crippen LogP contribution < -0.4 is 4.90 Å². The molecule has 3 rings (SSSR count). The number of rotatable bonds is 6. The lowest BCUT2D eigenvalue weighted by atomic mass is 9.96. The highest BCUT2D eigenvalue weighted by Crippen LogP contribution is 2.36. The molecule has 134 valence electrons. The van der Waals surface area contributed by atoms with Crippen LogP contribution in [0.2, 0.25) is 0 Å². The number of hydrogen-bond donors (Lipinski definition) is 0. The maximum atomic E-state index is 13.1. The fourth-order valence-corrected chi connectivity index (χ4v) is 3.50. The van der Waals surface area contributed by atoms with Crippen molar-refractivity contribution in [3.05, 3.63) is 29.8 Å². The number of imide groups is 1. The monoisotopic (exact) mass is 343 g/mol. The number of anilines is 1. The quantitative estimate of drug-likeness (QED) is 0.788. The standard InChI is InChI=1S/C19H25N3O3/c1-3-5-11-20-17-13-16(23)14-9-7-8-10-15(14)22(17)19(25)21(18(20)24)12-6-4-2/h7-10,17H,3-6,11-13H2,1-2H3. The number of fused-ring (bicyclic) bond motifs is 3. The summed E-state index contributed by atoms with van der Waals surface area (Å²) in [6, 6.07) is 6.61. The predicted molar refractivity (Wildman–Crippen MR) is 95.7 cm³/mol. The Morgan fingerprint density at radius 2 is 1.64 bits per heavy atom. The number of amides is 4. The normalized spacial score (nSPS) is 20.0. The van der Waals surface area contributed by atoms with Gasteiger partial charge in [0, 0.05) is 18.7 Å². The van der Waals surface area contributed by atoms with Gasteiger partial charge in [0.15, 0.2) is 5.78 Å². The first kappa shape index (κ1) is 17.5. The SMILES string of the molecule is CCCCN1C(=O)N(CCCC)C2CC(=O)c3ccccc3N2C1=O. The summed E-state index contributed by atoms with van der Waals surface area (Å²) >= 11 is 0. The van der Waals surface area contributed by atoms with Gasteiger partial charge in [0.25, 0.3) is 0 Å². The third kappa shape index (κ3) is 3.01. The van der Waals surface area contributed by atoms with Crippen LogP contribution in [0, 0.1) is 0 Å². The molecule has 1 atom stereocenters. The summed E-state index contributed by atoms with van der Waals surface area (Å²) in [5, 5.41) is 0. The third-order valence-corrected chi connectivity index (χ3v) is 4.89. The Balaban J connectivity index is 2.02. The van der Waals surface area contributed by atoms with Crippen LogP contribution in [0.4, 0.5) is 15.3 Å². The van der Waals surface area contributed by atoms with E-state index in [2.05, 4.69) is 6.92 Å². The summed E-state index contributed by atoms with van der Waals surface area (Å²) in [6.45, 7) is 5.07. The van der Waals surface area contributed by atoms with E-state index in [0.717, 1.165) is 25.7 Å². The average Bonchev–Trinajstić information content (AvgIpc) is 2.61. The molecule has 6 nitrogen and oxygen atoms in total. The van der Waals surface area contributed by atoms with Crippen molar-refractivity contribution in [3.63, 3.8) is 0 Å². The fourth-order valence-electron chi connectivity index (χ4n) is 3.50. The fraction of sp³-hybridized carbons (Fsp3) is 0.526. The first-order valence-corrected chi connectivity index (χ1v) is 9.13. The summed E-state index contributed by atoms with van der Waals surface area (Å²) in [6.07, 6.45) is 3.14. The number of Topliss-reactive ketones (excluding diaryl/α,β-unsaturated/α-hetero) is 1. The van der Waals surface area contributed by atoms with Gasteiger partial charge in [-0.1, -0.05) is 38.8 Å². The lowest BCUT2D eigenvalue weighted by Gasteiger charge is -2.49. The van der Waals surface area contributed by atoms with Gasteiger partial charge in [-0.3, -0.25) is 9.69 Å². The Hall–Kier alpha value is -2.37. The average molecular weight is 343 g/mol. The molecule has 2 aliphatic rings. The first-order chi connectivity index (χ1) is 12.1. The van der Waals surface area contributed by atoms with Crippen LogP contribution in [0.15, 0.2) is 24.3 Å². The molecule has 2 heterocycles. The summed E-state index contributed by atoms with van der Waals surface area (Å²) in [7, 11) is 0. The van der Waals surface area contributed by atoms with Gasteiger partial charge in [-0.05, 0) is 25.0 Å². The van der Waals surface area contributed by atoms with Crippen LogP contribution in [0.1, 0.15) is 56.3 Å². The number of nitrogens with zero attached hydrogens (tertiary/aromatic N) is 3. The molecule has 0 spiro atoms. The van der Waals surface area contributed by atoms with Crippen molar-refractivity contribution >= 4 is 23.5 Å². The van der Waals surface area contributed by atoms with E-state index in [9.17, 15) is 14.4 Å². The summed E-state index contributed by atoms with van der Waals surface area (Å²) in [5.41, 5.74) is 1.18. The van der Waals surface area contributed by atoms with Gasteiger partial charge in [0.2, 0.25) is 0 Å². The van der Waals surface area contributed by atoms with Crippen LogP contribution in [0.25, 0.3) is 0 Å². The van der Waals surface area contributed by atoms with E-state index in [1.165, 1.54) is 4.90 Å². The molecular weight excluding hydrogens is 318 g/mol. The number of unbranched alkanes of at least 4 members (excludes halogenated alkanes) is 2. The van der Waals surface area contributed by atoms with Gasteiger partial charge in [-0.2, -0.15) is 0 Å². The lowest BCUT2D eigenvalue weighted by molar-refractivity contribution is 0.0853. The minimum absolute atomic E-state index is 0.0130. The van der Waals surface area contributed by atoms with Crippen molar-refractivity contribution in [2.24, 2.45) is 0 Å². The number of urea groups is 2. The minimum Gasteiger partial charge on any atom is -0.303 e. The van der Waals surface area contributed by atoms with Crippen LogP contribution >= 0.6 is 0 Å². The molecule has 0 bridgehead atoms. The van der Waals surface area contributed by atoms with E-state index in [0.29, 0.717) is 24.3 Å². The molecule has 1 saturated heterocycles. The van der Waals surface area contributed by atoms with Gasteiger partial charge >= 0.3 is 12.1 Å². The second-order valence-corrected chi connectivity index (χ2v) is 6.61. The molecule has 0 N–H and O–H groups in total. The Morgan fingerprint density at radius 1 is 0.960 bits per heavy atom. The van der Waals surface area contributed by atoms with Crippen molar-refractivity contribution < 1.29 is 14.4 Å². The predicted octanol–water partition coefficient (Wildman–Crippen LogP) is 3.86. The van der Waals surface area contributed by atoms with E-state index in [4.69, 9.17) is 0 Å². The van der Waals surface area contributed by atoms with E-state index < -0.39 is 6.17 Å². The second-order valence-electron chi connectivity index (χ2n) is 6.61. The Kier molecular flexibility index (Phi) is 5.06. The largest absolute Gasteiger partial charge is 0.334 e. The van der Waals surface area contributed by atoms with Crippen LogP contribution in [-0.2, 0) is 0 Å². The molecule has 4 amide bonds. The summed E-state index contributed by atoms with van der Waals surface area (Å²) in [5.74, 6) is -0.0130. The molecule has 0 aromatic heterocycles. The molecule has 0 saturated carbocycles. The van der Waals surface area contributed by atoms with Gasteiger partial charge in [0.1, 0.15) is 6.17 Å². The number of carbonyl (C=O) groups excluding carboxylic acids is 3. The minimum atomic E-state index is -0.508. The van der Waals surface area contributed by atoms with E-state index in [-0.39, 0.29) is 24.3 Å².